The fraction of sp³-hybridized carbons (Fsp3) is 0.273. The summed E-state index contributed by atoms with van der Waals surface area (Å²) in [6, 6.07) is 7.95. The lowest BCUT2D eigenvalue weighted by Crippen LogP contribution is -2.34. The van der Waals surface area contributed by atoms with Gasteiger partial charge in [0, 0.05) is 11.6 Å². The molecule has 2 aromatic rings. The molecule has 3 atom stereocenters. The van der Waals surface area contributed by atoms with Gasteiger partial charge in [0.2, 0.25) is 0 Å². The molecule has 0 spiro atoms. The Morgan fingerprint density at radius 2 is 1.79 bits per heavy atom. The molecule has 1 amide bonds. The Bertz CT molecular complexity index is 974. The van der Waals surface area contributed by atoms with E-state index in [1.165, 1.54) is 44.4 Å². The van der Waals surface area contributed by atoms with Crippen molar-refractivity contribution in [2.75, 3.05) is 7.11 Å². The average Bonchev–Trinajstić information content (AvgIpc) is 3.15. The molecule has 0 bridgehead atoms. The second-order valence-electron chi connectivity index (χ2n) is 6.94. The molecule has 0 unspecified atom stereocenters. The molecule has 0 aliphatic heterocycles. The van der Waals surface area contributed by atoms with E-state index in [1.54, 1.807) is 18.2 Å². The van der Waals surface area contributed by atoms with Crippen LogP contribution in [0.2, 0.25) is 0 Å². The molecular formula is C22H20F3NO3. The highest BCUT2D eigenvalue weighted by Crippen LogP contribution is 2.35. The number of esters is 1. The van der Waals surface area contributed by atoms with Crippen molar-refractivity contribution in [2.24, 2.45) is 5.92 Å². The van der Waals surface area contributed by atoms with Crippen LogP contribution in [0.4, 0.5) is 13.2 Å². The quantitative estimate of drug-likeness (QED) is 0.606. The van der Waals surface area contributed by atoms with Crippen LogP contribution in [0.15, 0.2) is 48.6 Å². The van der Waals surface area contributed by atoms with Gasteiger partial charge in [-0.05, 0) is 37.0 Å². The highest BCUT2D eigenvalue weighted by molar-refractivity contribution is 5.95. The molecule has 3 rings (SSSR count). The summed E-state index contributed by atoms with van der Waals surface area (Å²) in [4.78, 5) is 24.7. The van der Waals surface area contributed by atoms with Crippen LogP contribution in [-0.4, -0.2) is 25.0 Å². The number of hydrogen-bond donors (Lipinski definition) is 1. The third-order valence-electron chi connectivity index (χ3n) is 5.08. The van der Waals surface area contributed by atoms with Crippen molar-refractivity contribution >= 4 is 11.9 Å². The molecular weight excluding hydrogens is 383 g/mol. The number of allylic oxidation sites excluding steroid dienone is 1. The van der Waals surface area contributed by atoms with Gasteiger partial charge >= 0.3 is 5.97 Å². The van der Waals surface area contributed by atoms with Gasteiger partial charge in [0.15, 0.2) is 11.6 Å². The van der Waals surface area contributed by atoms with Crippen molar-refractivity contribution in [3.8, 4) is 0 Å². The zero-order valence-electron chi connectivity index (χ0n) is 15.9. The predicted octanol–water partition coefficient (Wildman–Crippen LogP) is 4.04. The largest absolute Gasteiger partial charge is 0.469 e. The molecule has 1 aliphatic carbocycles. The molecule has 2 aromatic carbocycles. The Labute approximate surface area is 166 Å². The lowest BCUT2D eigenvalue weighted by Gasteiger charge is -2.22. The first kappa shape index (κ1) is 20.6. The molecule has 0 fully saturated rings. The number of rotatable bonds is 5. The second-order valence-corrected chi connectivity index (χ2v) is 6.94. The molecule has 0 radical (unpaired) electrons. The Kier molecular flexibility index (Phi) is 6.06. The van der Waals surface area contributed by atoms with Crippen LogP contribution < -0.4 is 5.32 Å². The SMILES string of the molecule is COC(=O)[C@H](c1ccccc1F)[C@H]1C=C[C@@H](NC(=O)c2ccc(C)c(F)c2F)C1. The minimum Gasteiger partial charge on any atom is -0.469 e. The third kappa shape index (κ3) is 4.18. The molecule has 152 valence electrons. The van der Waals surface area contributed by atoms with Crippen LogP contribution >= 0.6 is 0 Å². The number of halogens is 3. The van der Waals surface area contributed by atoms with E-state index in [0.717, 1.165) is 0 Å². The molecule has 0 saturated heterocycles. The minimum atomic E-state index is -1.21. The highest BCUT2D eigenvalue weighted by Gasteiger charge is 2.35. The molecule has 7 heteroatoms. The number of carbonyl (C=O) groups excluding carboxylic acids is 2. The standard InChI is InChI=1S/C22H20F3NO3/c1-12-7-10-16(20(25)19(12)24)21(27)26-14-9-8-13(11-14)18(22(28)29-2)15-5-3-4-6-17(15)23/h3-10,13-14,18H,11H2,1-2H3,(H,26,27)/t13-,14+,18-/m0/s1. The van der Waals surface area contributed by atoms with E-state index in [-0.39, 0.29) is 17.5 Å². The normalized spacial score (nSPS) is 19.1. The van der Waals surface area contributed by atoms with Crippen molar-refractivity contribution in [2.45, 2.75) is 25.3 Å². The second kappa shape index (κ2) is 8.51. The summed E-state index contributed by atoms with van der Waals surface area (Å²) in [6.45, 7) is 1.40. The number of aryl methyl sites for hydroxylation is 1. The third-order valence-corrected chi connectivity index (χ3v) is 5.08. The van der Waals surface area contributed by atoms with E-state index in [9.17, 15) is 22.8 Å². The fourth-order valence-corrected chi connectivity index (χ4v) is 3.54. The Balaban J connectivity index is 1.76. The first-order valence-corrected chi connectivity index (χ1v) is 9.09. The van der Waals surface area contributed by atoms with E-state index in [4.69, 9.17) is 4.74 Å². The Hall–Kier alpha value is -3.09. The van der Waals surface area contributed by atoms with Gasteiger partial charge < -0.3 is 10.1 Å². The smallest absolute Gasteiger partial charge is 0.313 e. The summed E-state index contributed by atoms with van der Waals surface area (Å²) in [5, 5.41) is 2.61. The minimum absolute atomic E-state index is 0.102. The Morgan fingerprint density at radius 1 is 1.07 bits per heavy atom. The van der Waals surface area contributed by atoms with E-state index in [1.807, 2.05) is 0 Å². The number of nitrogens with one attached hydrogen (secondary N) is 1. The summed E-state index contributed by atoms with van der Waals surface area (Å²) >= 11 is 0. The van der Waals surface area contributed by atoms with Crippen molar-refractivity contribution in [3.05, 3.63) is 82.7 Å². The zero-order valence-corrected chi connectivity index (χ0v) is 15.9. The predicted molar refractivity (Wildman–Crippen MR) is 101 cm³/mol. The van der Waals surface area contributed by atoms with E-state index >= 15 is 0 Å². The average molecular weight is 403 g/mol. The summed E-state index contributed by atoms with van der Waals surface area (Å²) in [5.74, 6) is -5.47. The van der Waals surface area contributed by atoms with Gasteiger partial charge in [0.1, 0.15) is 5.82 Å². The first-order valence-electron chi connectivity index (χ1n) is 9.09. The summed E-state index contributed by atoms with van der Waals surface area (Å²) in [7, 11) is 1.23. The van der Waals surface area contributed by atoms with Gasteiger partial charge in [-0.15, -0.1) is 0 Å². The number of benzene rings is 2. The van der Waals surface area contributed by atoms with Gasteiger partial charge in [-0.25, -0.2) is 13.2 Å². The van der Waals surface area contributed by atoms with Crippen molar-refractivity contribution in [1.82, 2.24) is 5.32 Å². The maximum atomic E-state index is 14.3. The lowest BCUT2D eigenvalue weighted by atomic mass is 9.85. The van der Waals surface area contributed by atoms with E-state index in [2.05, 4.69) is 5.32 Å². The summed E-state index contributed by atoms with van der Waals surface area (Å²) in [6.07, 6.45) is 3.64. The molecule has 29 heavy (non-hydrogen) atoms. The number of methoxy groups -OCH3 is 1. The summed E-state index contributed by atoms with van der Waals surface area (Å²) in [5.41, 5.74) is -0.0955. The molecule has 0 heterocycles. The van der Waals surface area contributed by atoms with Crippen LogP contribution in [0.25, 0.3) is 0 Å². The van der Waals surface area contributed by atoms with Crippen molar-refractivity contribution in [1.29, 1.82) is 0 Å². The molecule has 4 nitrogen and oxygen atoms in total. The number of hydrogen-bond acceptors (Lipinski definition) is 3. The van der Waals surface area contributed by atoms with Crippen LogP contribution in [-0.2, 0) is 9.53 Å². The fourth-order valence-electron chi connectivity index (χ4n) is 3.54. The zero-order chi connectivity index (χ0) is 21.1. The van der Waals surface area contributed by atoms with E-state index in [0.29, 0.717) is 0 Å². The van der Waals surface area contributed by atoms with Crippen LogP contribution in [0.1, 0.15) is 33.8 Å². The van der Waals surface area contributed by atoms with Crippen molar-refractivity contribution < 1.29 is 27.5 Å². The summed E-state index contributed by atoms with van der Waals surface area (Å²) < 4.78 is 46.9. The van der Waals surface area contributed by atoms with Crippen LogP contribution in [0.5, 0.6) is 0 Å². The van der Waals surface area contributed by atoms with Gasteiger partial charge in [0.05, 0.1) is 18.6 Å². The van der Waals surface area contributed by atoms with Crippen molar-refractivity contribution in [3.63, 3.8) is 0 Å². The molecule has 0 aromatic heterocycles. The molecule has 1 N–H and O–H groups in total. The maximum Gasteiger partial charge on any atom is 0.313 e. The van der Waals surface area contributed by atoms with Gasteiger partial charge in [0.25, 0.3) is 5.91 Å². The monoisotopic (exact) mass is 403 g/mol. The van der Waals surface area contributed by atoms with Gasteiger partial charge in [-0.1, -0.05) is 36.4 Å². The molecule has 1 aliphatic rings. The van der Waals surface area contributed by atoms with Crippen LogP contribution in [0, 0.1) is 30.3 Å². The van der Waals surface area contributed by atoms with Crippen LogP contribution in [0.3, 0.4) is 0 Å². The first-order chi connectivity index (χ1) is 13.8. The number of ether oxygens (including phenoxy) is 1. The highest BCUT2D eigenvalue weighted by atomic mass is 19.2. The number of amides is 1. The van der Waals surface area contributed by atoms with Gasteiger partial charge in [-0.2, -0.15) is 0 Å². The van der Waals surface area contributed by atoms with E-state index < -0.39 is 52.8 Å². The maximum absolute atomic E-state index is 14.3. The molecule has 0 saturated carbocycles. The topological polar surface area (TPSA) is 55.4 Å². The number of carbonyl (C=O) groups is 2. The Morgan fingerprint density at radius 3 is 2.48 bits per heavy atom. The lowest BCUT2D eigenvalue weighted by molar-refractivity contribution is -0.143. The van der Waals surface area contributed by atoms with Gasteiger partial charge in [-0.3, -0.25) is 9.59 Å².